The topological polar surface area (TPSA) is 24.9 Å². The molecular weight excluding hydrogens is 184 g/mol. The van der Waals surface area contributed by atoms with Crippen LogP contribution >= 0.6 is 11.6 Å². The molecule has 2 heterocycles. The maximum Gasteiger partial charge on any atom is 0.134 e. The van der Waals surface area contributed by atoms with Crippen molar-refractivity contribution in [3.63, 3.8) is 0 Å². The number of hydrogen-bond acceptors (Lipinski definition) is 2. The molecule has 0 radical (unpaired) electrons. The van der Waals surface area contributed by atoms with Gasteiger partial charge in [0.2, 0.25) is 0 Å². The third-order valence-electron chi connectivity index (χ3n) is 2.45. The predicted octanol–water partition coefficient (Wildman–Crippen LogP) is 2.47. The van der Waals surface area contributed by atoms with Crippen molar-refractivity contribution in [1.29, 1.82) is 0 Å². The minimum absolute atomic E-state index is 0.417. The minimum Gasteiger partial charge on any atom is -0.310 e. The van der Waals surface area contributed by atoms with Gasteiger partial charge in [0.1, 0.15) is 5.15 Å². The van der Waals surface area contributed by atoms with Crippen molar-refractivity contribution in [2.75, 3.05) is 6.54 Å². The fourth-order valence-corrected chi connectivity index (χ4v) is 2.07. The van der Waals surface area contributed by atoms with Crippen molar-refractivity contribution in [3.8, 4) is 0 Å². The Labute approximate surface area is 83.3 Å². The van der Waals surface area contributed by atoms with Crippen LogP contribution in [-0.2, 0) is 0 Å². The largest absolute Gasteiger partial charge is 0.310 e. The average Bonchev–Trinajstić information content (AvgIpc) is 2.56. The van der Waals surface area contributed by atoms with Gasteiger partial charge in [-0.2, -0.15) is 0 Å². The van der Waals surface area contributed by atoms with E-state index in [0.29, 0.717) is 11.2 Å². The van der Waals surface area contributed by atoms with E-state index in [1.54, 1.807) is 0 Å². The number of aryl methyl sites for hydroxylation is 1. The molecule has 0 amide bonds. The molecule has 3 heteroatoms. The Bertz CT molecular complexity index is 306. The molecule has 0 bridgehead atoms. The van der Waals surface area contributed by atoms with Crippen LogP contribution in [0.2, 0.25) is 5.15 Å². The molecule has 1 aromatic rings. The van der Waals surface area contributed by atoms with E-state index >= 15 is 0 Å². The number of nitrogens with zero attached hydrogens (tertiary/aromatic N) is 1. The Morgan fingerprint density at radius 1 is 1.54 bits per heavy atom. The third kappa shape index (κ3) is 1.84. The van der Waals surface area contributed by atoms with Crippen molar-refractivity contribution in [1.82, 2.24) is 10.3 Å². The van der Waals surface area contributed by atoms with Crippen molar-refractivity contribution >= 4 is 11.6 Å². The molecule has 2 rings (SSSR count). The van der Waals surface area contributed by atoms with Crippen LogP contribution in [0.15, 0.2) is 12.1 Å². The van der Waals surface area contributed by atoms with Crippen LogP contribution in [0, 0.1) is 6.92 Å². The molecule has 0 spiro atoms. The molecule has 0 aromatic carbocycles. The van der Waals surface area contributed by atoms with Crippen LogP contribution < -0.4 is 5.32 Å². The molecule has 1 aliphatic rings. The van der Waals surface area contributed by atoms with Gasteiger partial charge < -0.3 is 5.32 Å². The van der Waals surface area contributed by atoms with E-state index in [2.05, 4.69) is 16.4 Å². The van der Waals surface area contributed by atoms with Crippen LogP contribution in [0.25, 0.3) is 0 Å². The molecular formula is C10H13ClN2. The van der Waals surface area contributed by atoms with Crippen molar-refractivity contribution < 1.29 is 0 Å². The predicted molar refractivity (Wildman–Crippen MR) is 54.0 cm³/mol. The van der Waals surface area contributed by atoms with E-state index < -0.39 is 0 Å². The second-order valence-electron chi connectivity index (χ2n) is 3.48. The number of hydrogen-bond donors (Lipinski definition) is 1. The molecule has 0 saturated carbocycles. The molecule has 1 atom stereocenters. The summed E-state index contributed by atoms with van der Waals surface area (Å²) in [7, 11) is 0. The SMILES string of the molecule is Cc1ccc([C@@H]2CCCN2)c(Cl)n1. The highest BCUT2D eigenvalue weighted by Crippen LogP contribution is 2.27. The number of rotatable bonds is 1. The third-order valence-corrected chi connectivity index (χ3v) is 2.76. The van der Waals surface area contributed by atoms with E-state index in [9.17, 15) is 0 Å². The summed E-state index contributed by atoms with van der Waals surface area (Å²) < 4.78 is 0. The van der Waals surface area contributed by atoms with Crippen molar-refractivity contribution in [2.24, 2.45) is 0 Å². The molecule has 70 valence electrons. The summed E-state index contributed by atoms with van der Waals surface area (Å²) in [6.45, 7) is 3.05. The van der Waals surface area contributed by atoms with E-state index in [-0.39, 0.29) is 0 Å². The van der Waals surface area contributed by atoms with E-state index in [1.165, 1.54) is 12.8 Å². The summed E-state index contributed by atoms with van der Waals surface area (Å²) in [6, 6.07) is 4.51. The Hall–Kier alpha value is -0.600. The number of nitrogens with one attached hydrogen (secondary N) is 1. The zero-order valence-electron chi connectivity index (χ0n) is 7.68. The first-order valence-corrected chi connectivity index (χ1v) is 5.01. The summed E-state index contributed by atoms with van der Waals surface area (Å²) >= 11 is 6.06. The second kappa shape index (κ2) is 3.64. The second-order valence-corrected chi connectivity index (χ2v) is 3.84. The first kappa shape index (κ1) is 8.97. The Morgan fingerprint density at radius 3 is 3.00 bits per heavy atom. The van der Waals surface area contributed by atoms with Crippen LogP contribution in [0.3, 0.4) is 0 Å². The van der Waals surface area contributed by atoms with Gasteiger partial charge in [-0.05, 0) is 32.4 Å². The number of pyridine rings is 1. The van der Waals surface area contributed by atoms with Gasteiger partial charge in [-0.3, -0.25) is 0 Å². The lowest BCUT2D eigenvalue weighted by Gasteiger charge is -2.11. The van der Waals surface area contributed by atoms with Gasteiger partial charge >= 0.3 is 0 Å². The lowest BCUT2D eigenvalue weighted by molar-refractivity contribution is 0.645. The summed E-state index contributed by atoms with van der Waals surface area (Å²) in [5.41, 5.74) is 2.12. The van der Waals surface area contributed by atoms with Gasteiger partial charge in [0.15, 0.2) is 0 Å². The van der Waals surface area contributed by atoms with E-state index in [4.69, 9.17) is 11.6 Å². The van der Waals surface area contributed by atoms with Crippen LogP contribution in [-0.4, -0.2) is 11.5 Å². The first-order valence-electron chi connectivity index (χ1n) is 4.64. The smallest absolute Gasteiger partial charge is 0.134 e. The highest BCUT2D eigenvalue weighted by Gasteiger charge is 2.18. The standard InChI is InChI=1S/C10H13ClN2/c1-7-4-5-8(10(11)13-7)9-3-2-6-12-9/h4-5,9,12H,2-3,6H2,1H3/t9-/m0/s1. The molecule has 1 fully saturated rings. The monoisotopic (exact) mass is 196 g/mol. The maximum absolute atomic E-state index is 6.06. The molecule has 2 nitrogen and oxygen atoms in total. The van der Waals surface area contributed by atoms with Crippen molar-refractivity contribution in [3.05, 3.63) is 28.5 Å². The summed E-state index contributed by atoms with van der Waals surface area (Å²) in [5.74, 6) is 0. The van der Waals surface area contributed by atoms with Gasteiger partial charge in [-0.1, -0.05) is 17.7 Å². The van der Waals surface area contributed by atoms with Crippen LogP contribution in [0.5, 0.6) is 0 Å². The molecule has 1 aromatic heterocycles. The zero-order valence-corrected chi connectivity index (χ0v) is 8.43. The lowest BCUT2D eigenvalue weighted by atomic mass is 10.1. The number of halogens is 1. The normalized spacial score (nSPS) is 22.2. The quantitative estimate of drug-likeness (QED) is 0.699. The summed E-state index contributed by atoms with van der Waals surface area (Å²) in [5, 5.41) is 4.06. The molecule has 0 aliphatic carbocycles. The Kier molecular flexibility index (Phi) is 2.51. The van der Waals surface area contributed by atoms with Crippen LogP contribution in [0.4, 0.5) is 0 Å². The summed E-state index contributed by atoms with van der Waals surface area (Å²) in [6.07, 6.45) is 2.40. The molecule has 13 heavy (non-hydrogen) atoms. The van der Waals surface area contributed by atoms with E-state index in [0.717, 1.165) is 17.8 Å². The van der Waals surface area contributed by atoms with Crippen molar-refractivity contribution in [2.45, 2.75) is 25.8 Å². The fraction of sp³-hybridized carbons (Fsp3) is 0.500. The maximum atomic E-state index is 6.06. The Balaban J connectivity index is 2.29. The van der Waals surface area contributed by atoms with Gasteiger partial charge in [0.25, 0.3) is 0 Å². The number of aromatic nitrogens is 1. The molecule has 0 unspecified atom stereocenters. The molecule has 1 N–H and O–H groups in total. The highest BCUT2D eigenvalue weighted by molar-refractivity contribution is 6.30. The fourth-order valence-electron chi connectivity index (χ4n) is 1.75. The molecule has 1 aliphatic heterocycles. The first-order chi connectivity index (χ1) is 6.27. The van der Waals surface area contributed by atoms with E-state index in [1.807, 2.05) is 13.0 Å². The lowest BCUT2D eigenvalue weighted by Crippen LogP contribution is -2.13. The summed E-state index contributed by atoms with van der Waals surface area (Å²) in [4.78, 5) is 4.24. The average molecular weight is 197 g/mol. The highest BCUT2D eigenvalue weighted by atomic mass is 35.5. The van der Waals surface area contributed by atoms with Gasteiger partial charge in [0, 0.05) is 17.3 Å². The molecule has 1 saturated heterocycles. The van der Waals surface area contributed by atoms with Gasteiger partial charge in [0.05, 0.1) is 0 Å². The van der Waals surface area contributed by atoms with Gasteiger partial charge in [-0.15, -0.1) is 0 Å². The van der Waals surface area contributed by atoms with Crippen LogP contribution in [0.1, 0.15) is 30.1 Å². The zero-order chi connectivity index (χ0) is 9.26. The van der Waals surface area contributed by atoms with Gasteiger partial charge in [-0.25, -0.2) is 4.98 Å². The Morgan fingerprint density at radius 2 is 2.38 bits per heavy atom. The minimum atomic E-state index is 0.417.